The molecule has 0 saturated heterocycles. The van der Waals surface area contributed by atoms with Gasteiger partial charge in [-0.3, -0.25) is 19.8 Å². The molecule has 5 rings (SSSR count). The molecule has 1 atom stereocenters. The number of para-hydroxylation sites is 4. The highest BCUT2D eigenvalue weighted by molar-refractivity contribution is 6.09. The van der Waals surface area contributed by atoms with Crippen LogP contribution in [0.2, 0.25) is 0 Å². The molecule has 6 heteroatoms. The van der Waals surface area contributed by atoms with E-state index < -0.39 is 5.92 Å². The molecule has 1 unspecified atom stereocenters. The highest BCUT2D eigenvalue weighted by atomic mass is 16.3. The van der Waals surface area contributed by atoms with Crippen LogP contribution in [0.1, 0.15) is 64.7 Å². The summed E-state index contributed by atoms with van der Waals surface area (Å²) >= 11 is 0. The molecule has 1 aliphatic carbocycles. The first-order chi connectivity index (χ1) is 19.9. The summed E-state index contributed by atoms with van der Waals surface area (Å²) in [6.45, 7) is 12.9. The van der Waals surface area contributed by atoms with Gasteiger partial charge < -0.3 is 10.4 Å². The van der Waals surface area contributed by atoms with Gasteiger partial charge in [0.1, 0.15) is 5.75 Å². The second kappa shape index (κ2) is 11.4. The molecule has 0 fully saturated rings. The Balaban J connectivity index is 1.71. The Morgan fingerprint density at radius 1 is 0.786 bits per heavy atom. The molecule has 4 bridgehead atoms. The monoisotopic (exact) mass is 558 g/mol. The maximum Gasteiger partial charge on any atom is 0.173 e. The number of hydrogen-bond acceptors (Lipinski definition) is 6. The van der Waals surface area contributed by atoms with Gasteiger partial charge in [-0.1, -0.05) is 77.5 Å². The fourth-order valence-electron chi connectivity index (χ4n) is 4.92. The minimum atomic E-state index is -0.406. The number of carbonyl (C=O) groups is 1. The summed E-state index contributed by atoms with van der Waals surface area (Å²) in [5.41, 5.74) is 6.47. The number of hydrogen-bond donors (Lipinski definition) is 2. The summed E-state index contributed by atoms with van der Waals surface area (Å²) in [6.07, 6.45) is 9.46. The van der Waals surface area contributed by atoms with Gasteiger partial charge >= 0.3 is 0 Å². The Morgan fingerprint density at radius 3 is 1.98 bits per heavy atom. The molecule has 0 amide bonds. The average molecular weight is 559 g/mol. The van der Waals surface area contributed by atoms with Crippen LogP contribution in [0.5, 0.6) is 5.75 Å². The highest BCUT2D eigenvalue weighted by Crippen LogP contribution is 2.37. The SMILES string of the molecule is CC(C)(C)C1=CC2=CNc3ccccc3N=Cc3cc(C(C)(C)C)cc(c3O)C=Nc3ccccc3N=CC(C1)C2=O. The third-order valence-corrected chi connectivity index (χ3v) is 7.64. The van der Waals surface area contributed by atoms with Gasteiger partial charge in [0.25, 0.3) is 0 Å². The van der Waals surface area contributed by atoms with Crippen molar-refractivity contribution in [2.24, 2.45) is 26.3 Å². The van der Waals surface area contributed by atoms with Crippen LogP contribution in [0.15, 0.2) is 99.1 Å². The summed E-state index contributed by atoms with van der Waals surface area (Å²) in [7, 11) is 0. The molecule has 1 aliphatic heterocycles. The summed E-state index contributed by atoms with van der Waals surface area (Å²) in [5.74, 6) is -0.293. The number of allylic oxidation sites excluding steroid dienone is 3. The van der Waals surface area contributed by atoms with Crippen molar-refractivity contribution in [3.63, 3.8) is 0 Å². The molecule has 3 aromatic rings. The lowest BCUT2D eigenvalue weighted by Gasteiger charge is -2.29. The van der Waals surface area contributed by atoms with Crippen LogP contribution in [0.3, 0.4) is 0 Å². The van der Waals surface area contributed by atoms with Crippen molar-refractivity contribution < 1.29 is 9.90 Å². The normalized spacial score (nSPS) is 17.3. The first kappa shape index (κ1) is 28.9. The van der Waals surface area contributed by atoms with Crippen LogP contribution in [-0.4, -0.2) is 29.5 Å². The van der Waals surface area contributed by atoms with E-state index in [-0.39, 0.29) is 22.4 Å². The number of anilines is 1. The Labute approximate surface area is 248 Å². The maximum atomic E-state index is 13.6. The van der Waals surface area contributed by atoms with Crippen molar-refractivity contribution >= 4 is 47.2 Å². The van der Waals surface area contributed by atoms with E-state index in [1.54, 1.807) is 24.8 Å². The van der Waals surface area contributed by atoms with Crippen molar-refractivity contribution in [3.05, 3.63) is 101 Å². The molecule has 3 aromatic carbocycles. The molecule has 1 heterocycles. The number of carbonyl (C=O) groups excluding carboxylic acids is 1. The molecule has 42 heavy (non-hydrogen) atoms. The quantitative estimate of drug-likeness (QED) is 0.289. The van der Waals surface area contributed by atoms with Gasteiger partial charge in [0.2, 0.25) is 0 Å². The van der Waals surface area contributed by atoms with E-state index in [0.29, 0.717) is 40.2 Å². The number of aromatic hydroxyl groups is 1. The zero-order chi connectivity index (χ0) is 30.1. The summed E-state index contributed by atoms with van der Waals surface area (Å²) < 4.78 is 0. The van der Waals surface area contributed by atoms with Crippen molar-refractivity contribution in [2.75, 3.05) is 5.32 Å². The second-order valence-corrected chi connectivity index (χ2v) is 12.9. The van der Waals surface area contributed by atoms with E-state index >= 15 is 0 Å². The van der Waals surface area contributed by atoms with Gasteiger partial charge in [0.15, 0.2) is 5.78 Å². The third-order valence-electron chi connectivity index (χ3n) is 7.64. The Morgan fingerprint density at radius 2 is 1.36 bits per heavy atom. The lowest BCUT2D eigenvalue weighted by Crippen LogP contribution is -2.27. The van der Waals surface area contributed by atoms with E-state index in [1.807, 2.05) is 66.7 Å². The number of Topliss-reactive ketones (excluding diaryl/α,β-unsaturated/α-hetero) is 1. The van der Waals surface area contributed by atoms with Crippen LogP contribution >= 0.6 is 0 Å². The van der Waals surface area contributed by atoms with Gasteiger partial charge in [0.05, 0.1) is 28.7 Å². The van der Waals surface area contributed by atoms with Crippen LogP contribution < -0.4 is 5.32 Å². The summed E-state index contributed by atoms with van der Waals surface area (Å²) in [4.78, 5) is 27.9. The molecule has 2 N–H and O–H groups in total. The first-order valence-electron chi connectivity index (χ1n) is 14.3. The van der Waals surface area contributed by atoms with E-state index in [0.717, 1.165) is 11.3 Å². The standard InChI is InChI=1S/C36H38N4O2/c1-35(2,3)27-15-23-19-37-29-11-7-9-13-31(29)39-21-25-17-28(36(4,5)6)18-26(34(25)42)22-40-32-14-10-8-12-30(32)38-20-24(16-27)33(23)41/h7-17,19-22,26,39,41H,18H2,1-6H3. The predicted molar refractivity (Wildman–Crippen MR) is 175 cm³/mol. The number of nitrogens with one attached hydrogen (secondary N) is 1. The first-order valence-corrected chi connectivity index (χ1v) is 14.3. The molecular weight excluding hydrogens is 520 g/mol. The topological polar surface area (TPSA) is 86.4 Å². The van der Waals surface area contributed by atoms with Crippen LogP contribution in [0.25, 0.3) is 0 Å². The van der Waals surface area contributed by atoms with Crippen LogP contribution in [0.4, 0.5) is 22.7 Å². The largest absolute Gasteiger partial charge is 0.507 e. The van der Waals surface area contributed by atoms with Gasteiger partial charge in [-0.15, -0.1) is 0 Å². The fraction of sp³-hybridized carbons (Fsp3) is 0.278. The van der Waals surface area contributed by atoms with Gasteiger partial charge in [-0.25, -0.2) is 0 Å². The number of rotatable bonds is 0. The fourth-order valence-corrected chi connectivity index (χ4v) is 4.92. The highest BCUT2D eigenvalue weighted by Gasteiger charge is 2.31. The molecule has 0 saturated carbocycles. The summed E-state index contributed by atoms with van der Waals surface area (Å²) in [5, 5.41) is 14.6. The number of fused-ring (bicyclic) bond motifs is 6. The zero-order valence-electron chi connectivity index (χ0n) is 25.1. The Hall–Kier alpha value is -4.58. The predicted octanol–water partition coefficient (Wildman–Crippen LogP) is 8.76. The number of ketones is 1. The molecule has 6 nitrogen and oxygen atoms in total. The number of benzene rings is 3. The molecule has 0 radical (unpaired) electrons. The Kier molecular flexibility index (Phi) is 7.83. The van der Waals surface area contributed by atoms with Crippen molar-refractivity contribution in [1.29, 1.82) is 0 Å². The van der Waals surface area contributed by atoms with E-state index in [1.165, 1.54) is 5.57 Å². The number of phenolic OH excluding ortho intramolecular Hbond substituents is 1. The molecular formula is C36H38N4O2. The minimum Gasteiger partial charge on any atom is -0.507 e. The number of aliphatic imine (C=N–C) groups is 3. The lowest BCUT2D eigenvalue weighted by molar-refractivity contribution is -0.117. The second-order valence-electron chi connectivity index (χ2n) is 12.9. The third kappa shape index (κ3) is 6.33. The van der Waals surface area contributed by atoms with Gasteiger partial charge in [-0.2, -0.15) is 0 Å². The summed E-state index contributed by atoms with van der Waals surface area (Å²) in [6, 6.07) is 19.1. The van der Waals surface area contributed by atoms with E-state index in [9.17, 15) is 9.90 Å². The molecule has 2 aliphatic rings. The van der Waals surface area contributed by atoms with Crippen LogP contribution in [0, 0.1) is 11.3 Å². The van der Waals surface area contributed by atoms with Crippen LogP contribution in [-0.2, 0) is 10.2 Å². The zero-order valence-corrected chi connectivity index (χ0v) is 25.1. The van der Waals surface area contributed by atoms with E-state index in [2.05, 4.69) is 46.9 Å². The van der Waals surface area contributed by atoms with Crippen molar-refractivity contribution in [3.8, 4) is 5.75 Å². The van der Waals surface area contributed by atoms with Gasteiger partial charge in [-0.05, 0) is 59.2 Å². The lowest BCUT2D eigenvalue weighted by atomic mass is 9.75. The number of nitrogens with zero attached hydrogens (tertiary/aromatic N) is 3. The average Bonchev–Trinajstić information content (AvgIpc) is 2.94. The minimum absolute atomic E-state index is 0.0111. The van der Waals surface area contributed by atoms with E-state index in [4.69, 9.17) is 15.0 Å². The molecule has 0 aromatic heterocycles. The molecule has 214 valence electrons. The number of phenols is 1. The van der Waals surface area contributed by atoms with Crippen molar-refractivity contribution in [2.45, 2.75) is 53.4 Å². The molecule has 0 spiro atoms. The maximum absolute atomic E-state index is 13.6. The Bertz CT molecular complexity index is 1680. The smallest absolute Gasteiger partial charge is 0.173 e. The van der Waals surface area contributed by atoms with Crippen molar-refractivity contribution in [1.82, 2.24) is 0 Å². The van der Waals surface area contributed by atoms with Gasteiger partial charge in [0, 0.05) is 41.5 Å².